The normalized spacial score (nSPS) is 21.2. The molecule has 0 amide bonds. The molecule has 3 nitrogen and oxygen atoms in total. The van der Waals surface area contributed by atoms with Crippen LogP contribution in [0.5, 0.6) is 0 Å². The molecule has 1 aliphatic rings. The molecule has 3 heteroatoms. The van der Waals surface area contributed by atoms with Gasteiger partial charge in [-0.2, -0.15) is 0 Å². The van der Waals surface area contributed by atoms with Crippen molar-refractivity contribution in [2.24, 2.45) is 23.2 Å². The van der Waals surface area contributed by atoms with Crippen LogP contribution >= 0.6 is 0 Å². The SMILES string of the molecule is CC(C)CC(C)(C(C)C)C(OCC(=O)O)C1CCC1. The maximum atomic E-state index is 10.8. The highest BCUT2D eigenvalue weighted by atomic mass is 16.5. The van der Waals surface area contributed by atoms with E-state index in [1.54, 1.807) is 0 Å². The van der Waals surface area contributed by atoms with Gasteiger partial charge in [-0.15, -0.1) is 0 Å². The van der Waals surface area contributed by atoms with Gasteiger partial charge in [0, 0.05) is 0 Å². The molecule has 0 aromatic carbocycles. The Bertz CT molecular complexity index is 294. The van der Waals surface area contributed by atoms with Crippen LogP contribution in [0.15, 0.2) is 0 Å². The van der Waals surface area contributed by atoms with Gasteiger partial charge in [-0.05, 0) is 42.4 Å². The first-order valence-electron chi connectivity index (χ1n) is 7.60. The number of hydrogen-bond acceptors (Lipinski definition) is 2. The predicted octanol–water partition coefficient (Wildman–Crippen LogP) is 3.96. The second kappa shape index (κ2) is 6.74. The summed E-state index contributed by atoms with van der Waals surface area (Å²) in [5.41, 5.74) is 0.0642. The van der Waals surface area contributed by atoms with Crippen molar-refractivity contribution in [2.45, 2.75) is 66.4 Å². The molecule has 0 aliphatic heterocycles. The Balaban J connectivity index is 2.85. The standard InChI is InChI=1S/C16H30O3/c1-11(2)9-16(5,12(3)4)15(13-7-6-8-13)19-10-14(17)18/h11-13,15H,6-10H2,1-5H3,(H,17,18). The first-order chi connectivity index (χ1) is 8.77. The van der Waals surface area contributed by atoms with Crippen molar-refractivity contribution in [1.82, 2.24) is 0 Å². The van der Waals surface area contributed by atoms with Crippen LogP contribution in [0.2, 0.25) is 0 Å². The van der Waals surface area contributed by atoms with Crippen LogP contribution < -0.4 is 0 Å². The molecule has 1 rings (SSSR count). The van der Waals surface area contributed by atoms with Crippen LogP contribution in [-0.2, 0) is 9.53 Å². The average molecular weight is 270 g/mol. The van der Waals surface area contributed by atoms with Gasteiger partial charge < -0.3 is 9.84 Å². The Hall–Kier alpha value is -0.570. The monoisotopic (exact) mass is 270 g/mol. The maximum Gasteiger partial charge on any atom is 0.329 e. The van der Waals surface area contributed by atoms with Crippen LogP contribution in [0, 0.1) is 23.2 Å². The van der Waals surface area contributed by atoms with Gasteiger partial charge in [0.25, 0.3) is 0 Å². The van der Waals surface area contributed by atoms with Crippen molar-refractivity contribution >= 4 is 5.97 Å². The lowest BCUT2D eigenvalue weighted by atomic mass is 9.62. The molecular formula is C16H30O3. The van der Waals surface area contributed by atoms with E-state index in [9.17, 15) is 4.79 Å². The van der Waals surface area contributed by atoms with Crippen molar-refractivity contribution < 1.29 is 14.6 Å². The van der Waals surface area contributed by atoms with Crippen molar-refractivity contribution in [2.75, 3.05) is 6.61 Å². The predicted molar refractivity (Wildman–Crippen MR) is 77.1 cm³/mol. The van der Waals surface area contributed by atoms with Gasteiger partial charge >= 0.3 is 5.97 Å². The van der Waals surface area contributed by atoms with E-state index in [-0.39, 0.29) is 18.1 Å². The molecule has 0 spiro atoms. The molecule has 2 unspecified atom stereocenters. The number of rotatable bonds is 8. The third-order valence-corrected chi connectivity index (χ3v) is 4.78. The molecule has 1 aliphatic carbocycles. The molecular weight excluding hydrogens is 240 g/mol. The van der Waals surface area contributed by atoms with Gasteiger partial charge in [0.2, 0.25) is 0 Å². The summed E-state index contributed by atoms with van der Waals surface area (Å²) in [6, 6.07) is 0. The average Bonchev–Trinajstić information content (AvgIpc) is 2.19. The number of ether oxygens (including phenoxy) is 1. The summed E-state index contributed by atoms with van der Waals surface area (Å²) in [5, 5.41) is 8.90. The lowest BCUT2D eigenvalue weighted by molar-refractivity contribution is -0.157. The minimum Gasteiger partial charge on any atom is -0.480 e. The Morgan fingerprint density at radius 2 is 1.89 bits per heavy atom. The van der Waals surface area contributed by atoms with Gasteiger partial charge in [-0.25, -0.2) is 4.79 Å². The van der Waals surface area contributed by atoms with Crippen LogP contribution in [0.1, 0.15) is 60.3 Å². The molecule has 1 saturated carbocycles. The number of carboxylic acid groups (broad SMARTS) is 1. The number of carboxylic acids is 1. The fraction of sp³-hybridized carbons (Fsp3) is 0.938. The first-order valence-corrected chi connectivity index (χ1v) is 7.60. The highest BCUT2D eigenvalue weighted by Crippen LogP contribution is 2.47. The minimum atomic E-state index is -0.861. The third kappa shape index (κ3) is 4.20. The molecule has 0 heterocycles. The van der Waals surface area contributed by atoms with E-state index in [2.05, 4.69) is 34.6 Å². The first kappa shape index (κ1) is 16.5. The van der Waals surface area contributed by atoms with E-state index in [0.29, 0.717) is 17.8 Å². The van der Waals surface area contributed by atoms with Gasteiger partial charge in [-0.1, -0.05) is 41.0 Å². The topological polar surface area (TPSA) is 46.5 Å². The summed E-state index contributed by atoms with van der Waals surface area (Å²) in [4.78, 5) is 10.8. The largest absolute Gasteiger partial charge is 0.480 e. The van der Waals surface area contributed by atoms with E-state index < -0.39 is 5.97 Å². The van der Waals surface area contributed by atoms with Crippen molar-refractivity contribution in [3.8, 4) is 0 Å². The summed E-state index contributed by atoms with van der Waals surface area (Å²) in [6.45, 7) is 11.0. The highest BCUT2D eigenvalue weighted by molar-refractivity contribution is 5.68. The summed E-state index contributed by atoms with van der Waals surface area (Å²) >= 11 is 0. The van der Waals surface area contributed by atoms with E-state index in [0.717, 1.165) is 6.42 Å². The zero-order valence-electron chi connectivity index (χ0n) is 13.1. The van der Waals surface area contributed by atoms with E-state index in [1.807, 2.05) is 0 Å². The molecule has 112 valence electrons. The van der Waals surface area contributed by atoms with Crippen molar-refractivity contribution in [3.05, 3.63) is 0 Å². The molecule has 0 radical (unpaired) electrons. The Morgan fingerprint density at radius 1 is 1.32 bits per heavy atom. The van der Waals surface area contributed by atoms with Crippen LogP contribution in [0.4, 0.5) is 0 Å². The maximum absolute atomic E-state index is 10.8. The molecule has 0 bridgehead atoms. The van der Waals surface area contributed by atoms with E-state index in [1.165, 1.54) is 19.3 Å². The van der Waals surface area contributed by atoms with Crippen LogP contribution in [0.25, 0.3) is 0 Å². The fourth-order valence-corrected chi connectivity index (χ4v) is 3.33. The Morgan fingerprint density at radius 3 is 2.21 bits per heavy atom. The van der Waals surface area contributed by atoms with Crippen LogP contribution in [0.3, 0.4) is 0 Å². The number of aliphatic carboxylic acids is 1. The van der Waals surface area contributed by atoms with Gasteiger partial charge in [-0.3, -0.25) is 0 Å². The lowest BCUT2D eigenvalue weighted by Crippen LogP contribution is -2.47. The van der Waals surface area contributed by atoms with E-state index >= 15 is 0 Å². The molecule has 0 aromatic heterocycles. The quantitative estimate of drug-likeness (QED) is 0.726. The fourth-order valence-electron chi connectivity index (χ4n) is 3.33. The summed E-state index contributed by atoms with van der Waals surface area (Å²) in [5.74, 6) is 0.781. The van der Waals surface area contributed by atoms with Gasteiger partial charge in [0.15, 0.2) is 0 Å². The number of hydrogen-bond donors (Lipinski definition) is 1. The zero-order valence-corrected chi connectivity index (χ0v) is 13.1. The Kier molecular flexibility index (Phi) is 5.84. The molecule has 2 atom stereocenters. The summed E-state index contributed by atoms with van der Waals surface area (Å²) in [6.07, 6.45) is 4.80. The van der Waals surface area contributed by atoms with Gasteiger partial charge in [0.05, 0.1) is 6.10 Å². The molecule has 19 heavy (non-hydrogen) atoms. The lowest BCUT2D eigenvalue weighted by Gasteiger charge is -2.48. The minimum absolute atomic E-state index is 0.0642. The Labute approximate surface area is 117 Å². The zero-order chi connectivity index (χ0) is 14.6. The second-order valence-corrected chi connectivity index (χ2v) is 7.07. The van der Waals surface area contributed by atoms with E-state index in [4.69, 9.17) is 9.84 Å². The third-order valence-electron chi connectivity index (χ3n) is 4.78. The van der Waals surface area contributed by atoms with Gasteiger partial charge in [0.1, 0.15) is 6.61 Å². The van der Waals surface area contributed by atoms with Crippen molar-refractivity contribution in [3.63, 3.8) is 0 Å². The second-order valence-electron chi connectivity index (χ2n) is 7.07. The molecule has 1 fully saturated rings. The molecule has 0 saturated heterocycles. The highest BCUT2D eigenvalue weighted by Gasteiger charge is 2.44. The van der Waals surface area contributed by atoms with Crippen molar-refractivity contribution in [1.29, 1.82) is 0 Å². The molecule has 0 aromatic rings. The van der Waals surface area contributed by atoms with Crippen LogP contribution in [-0.4, -0.2) is 23.8 Å². The summed E-state index contributed by atoms with van der Waals surface area (Å²) < 4.78 is 5.84. The number of carbonyl (C=O) groups is 1. The molecule has 1 N–H and O–H groups in total. The smallest absolute Gasteiger partial charge is 0.329 e. The summed E-state index contributed by atoms with van der Waals surface area (Å²) in [7, 11) is 0.